The highest BCUT2D eigenvalue weighted by Crippen LogP contribution is 2.26. The van der Waals surface area contributed by atoms with Crippen molar-refractivity contribution < 1.29 is 19.4 Å². The van der Waals surface area contributed by atoms with Gasteiger partial charge in [0.2, 0.25) is 5.91 Å². The Morgan fingerprint density at radius 3 is 2.59 bits per heavy atom. The third-order valence-corrected chi connectivity index (χ3v) is 3.97. The topological polar surface area (TPSA) is 75.6 Å². The highest BCUT2D eigenvalue weighted by Gasteiger charge is 2.33. The maximum atomic E-state index is 12.2. The first-order chi connectivity index (χ1) is 10.6. The molecule has 1 aromatic carbocycles. The average Bonchev–Trinajstić information content (AvgIpc) is 2.55. The number of aliphatic carboxylic acids is 1. The molecule has 0 radical (unpaired) electrons. The molecule has 0 saturated carbocycles. The fraction of sp³-hybridized carbons (Fsp3) is 0.412. The molecule has 5 heteroatoms. The maximum absolute atomic E-state index is 12.2. The number of benzene rings is 1. The normalized spacial score (nSPS) is 20.4. The van der Waals surface area contributed by atoms with Crippen molar-refractivity contribution in [3.8, 4) is 5.75 Å². The van der Waals surface area contributed by atoms with E-state index in [0.29, 0.717) is 25.8 Å². The van der Waals surface area contributed by atoms with Crippen LogP contribution in [0.2, 0.25) is 0 Å². The molecule has 0 heterocycles. The van der Waals surface area contributed by atoms with Gasteiger partial charge in [0.25, 0.3) is 0 Å². The molecule has 1 aromatic rings. The van der Waals surface area contributed by atoms with E-state index < -0.39 is 17.8 Å². The predicted molar refractivity (Wildman–Crippen MR) is 82.7 cm³/mol. The zero-order valence-electron chi connectivity index (χ0n) is 12.6. The van der Waals surface area contributed by atoms with E-state index >= 15 is 0 Å². The van der Waals surface area contributed by atoms with E-state index in [9.17, 15) is 14.7 Å². The number of para-hydroxylation sites is 1. The van der Waals surface area contributed by atoms with Crippen LogP contribution in [-0.2, 0) is 16.0 Å². The van der Waals surface area contributed by atoms with Gasteiger partial charge in [-0.1, -0.05) is 30.4 Å². The summed E-state index contributed by atoms with van der Waals surface area (Å²) in [5.41, 5.74) is 1.02. The van der Waals surface area contributed by atoms with Crippen molar-refractivity contribution in [1.29, 1.82) is 0 Å². The summed E-state index contributed by atoms with van der Waals surface area (Å²) in [4.78, 5) is 23.4. The van der Waals surface area contributed by atoms with E-state index in [1.165, 1.54) is 0 Å². The van der Waals surface area contributed by atoms with Gasteiger partial charge in [-0.25, -0.2) is 0 Å². The molecule has 1 aliphatic rings. The number of amides is 1. The fourth-order valence-corrected chi connectivity index (χ4v) is 2.74. The number of carbonyl (C=O) groups is 2. The summed E-state index contributed by atoms with van der Waals surface area (Å²) in [6.07, 6.45) is 5.26. The van der Waals surface area contributed by atoms with Gasteiger partial charge in [-0.3, -0.25) is 9.59 Å². The van der Waals surface area contributed by atoms with Gasteiger partial charge in [-0.05, 0) is 30.9 Å². The van der Waals surface area contributed by atoms with Crippen LogP contribution in [0.25, 0.3) is 0 Å². The Morgan fingerprint density at radius 1 is 1.23 bits per heavy atom. The Balaban J connectivity index is 1.89. The van der Waals surface area contributed by atoms with Gasteiger partial charge in [0.1, 0.15) is 5.75 Å². The zero-order chi connectivity index (χ0) is 15.9. The first-order valence-electron chi connectivity index (χ1n) is 7.41. The monoisotopic (exact) mass is 303 g/mol. The lowest BCUT2D eigenvalue weighted by molar-refractivity contribution is -0.147. The van der Waals surface area contributed by atoms with Crippen LogP contribution < -0.4 is 10.1 Å². The standard InChI is InChI=1S/C17H21NO4/c1-22-15-9-5-2-6-12(15)10-11-18-16(19)13-7-3-4-8-14(13)17(20)21/h2-6,9,13-14H,7-8,10-11H2,1H3,(H,18,19)(H,20,21)/t13-,14-/m0/s1. The van der Waals surface area contributed by atoms with E-state index in [2.05, 4.69) is 5.32 Å². The molecule has 0 bridgehead atoms. The minimum Gasteiger partial charge on any atom is -0.496 e. The van der Waals surface area contributed by atoms with Crippen molar-refractivity contribution in [2.45, 2.75) is 19.3 Å². The third-order valence-electron chi connectivity index (χ3n) is 3.97. The van der Waals surface area contributed by atoms with Crippen molar-refractivity contribution in [3.05, 3.63) is 42.0 Å². The number of ether oxygens (including phenoxy) is 1. The largest absolute Gasteiger partial charge is 0.496 e. The number of methoxy groups -OCH3 is 1. The summed E-state index contributed by atoms with van der Waals surface area (Å²) >= 11 is 0. The number of nitrogens with one attached hydrogen (secondary N) is 1. The molecule has 0 spiro atoms. The molecule has 0 aromatic heterocycles. The number of carboxylic acids is 1. The Morgan fingerprint density at radius 2 is 1.91 bits per heavy atom. The van der Waals surface area contributed by atoms with Crippen molar-refractivity contribution in [3.63, 3.8) is 0 Å². The van der Waals surface area contributed by atoms with E-state index in [-0.39, 0.29) is 5.91 Å². The molecular weight excluding hydrogens is 282 g/mol. The van der Waals surface area contributed by atoms with Crippen LogP contribution in [0.4, 0.5) is 0 Å². The quantitative estimate of drug-likeness (QED) is 0.788. The Labute approximate surface area is 130 Å². The minimum atomic E-state index is -0.908. The van der Waals surface area contributed by atoms with Crippen molar-refractivity contribution in [2.24, 2.45) is 11.8 Å². The second kappa shape index (κ2) is 7.64. The van der Waals surface area contributed by atoms with Gasteiger partial charge in [0.05, 0.1) is 18.9 Å². The molecule has 118 valence electrons. The van der Waals surface area contributed by atoms with Crippen LogP contribution in [0.3, 0.4) is 0 Å². The van der Waals surface area contributed by atoms with Gasteiger partial charge in [-0.2, -0.15) is 0 Å². The molecule has 1 amide bonds. The Bertz CT molecular complexity index is 568. The number of allylic oxidation sites excluding steroid dienone is 2. The predicted octanol–water partition coefficient (Wildman–Crippen LogP) is 2.02. The molecular formula is C17H21NO4. The summed E-state index contributed by atoms with van der Waals surface area (Å²) in [5.74, 6) is -1.42. The third kappa shape index (κ3) is 3.87. The van der Waals surface area contributed by atoms with E-state index in [0.717, 1.165) is 11.3 Å². The van der Waals surface area contributed by atoms with Crippen LogP contribution in [0.5, 0.6) is 5.75 Å². The summed E-state index contributed by atoms with van der Waals surface area (Å²) in [7, 11) is 1.61. The molecule has 2 atom stereocenters. The molecule has 5 nitrogen and oxygen atoms in total. The number of carbonyl (C=O) groups excluding carboxylic acids is 1. The molecule has 0 unspecified atom stereocenters. The van der Waals surface area contributed by atoms with Crippen molar-refractivity contribution in [1.82, 2.24) is 5.32 Å². The smallest absolute Gasteiger partial charge is 0.307 e. The fourth-order valence-electron chi connectivity index (χ4n) is 2.74. The van der Waals surface area contributed by atoms with Crippen LogP contribution in [0.15, 0.2) is 36.4 Å². The first kappa shape index (κ1) is 16.1. The van der Waals surface area contributed by atoms with Gasteiger partial charge >= 0.3 is 5.97 Å². The summed E-state index contributed by atoms with van der Waals surface area (Å²) in [6, 6.07) is 7.65. The summed E-state index contributed by atoms with van der Waals surface area (Å²) in [5, 5.41) is 12.0. The number of rotatable bonds is 6. The Kier molecular flexibility index (Phi) is 5.58. The lowest BCUT2D eigenvalue weighted by Gasteiger charge is -2.24. The highest BCUT2D eigenvalue weighted by atomic mass is 16.5. The maximum Gasteiger partial charge on any atom is 0.307 e. The lowest BCUT2D eigenvalue weighted by atomic mass is 9.82. The highest BCUT2D eigenvalue weighted by molar-refractivity contribution is 5.85. The first-order valence-corrected chi connectivity index (χ1v) is 7.41. The van der Waals surface area contributed by atoms with E-state index in [1.54, 1.807) is 7.11 Å². The SMILES string of the molecule is COc1ccccc1CCNC(=O)[C@H]1CC=CC[C@@H]1C(=O)O. The number of hydrogen-bond donors (Lipinski definition) is 2. The summed E-state index contributed by atoms with van der Waals surface area (Å²) < 4.78 is 5.27. The minimum absolute atomic E-state index is 0.188. The van der Waals surface area contributed by atoms with E-state index in [4.69, 9.17) is 4.74 Å². The van der Waals surface area contributed by atoms with Crippen molar-refractivity contribution in [2.75, 3.05) is 13.7 Å². The number of hydrogen-bond acceptors (Lipinski definition) is 3. The molecule has 0 saturated heterocycles. The van der Waals surface area contributed by atoms with Gasteiger partial charge < -0.3 is 15.2 Å². The van der Waals surface area contributed by atoms with E-state index in [1.807, 2.05) is 36.4 Å². The lowest BCUT2D eigenvalue weighted by Crippen LogP contribution is -2.39. The van der Waals surface area contributed by atoms with Gasteiger partial charge in [0, 0.05) is 6.54 Å². The molecule has 0 fully saturated rings. The van der Waals surface area contributed by atoms with Gasteiger partial charge in [-0.15, -0.1) is 0 Å². The van der Waals surface area contributed by atoms with Crippen LogP contribution in [0, 0.1) is 11.8 Å². The van der Waals surface area contributed by atoms with Gasteiger partial charge in [0.15, 0.2) is 0 Å². The molecule has 2 rings (SSSR count). The van der Waals surface area contributed by atoms with Crippen LogP contribution in [-0.4, -0.2) is 30.6 Å². The second-order valence-electron chi connectivity index (χ2n) is 5.35. The van der Waals surface area contributed by atoms with Crippen LogP contribution in [0.1, 0.15) is 18.4 Å². The molecule has 22 heavy (non-hydrogen) atoms. The molecule has 0 aliphatic heterocycles. The zero-order valence-corrected chi connectivity index (χ0v) is 12.6. The summed E-state index contributed by atoms with van der Waals surface area (Å²) in [6.45, 7) is 0.464. The van der Waals surface area contributed by atoms with Crippen molar-refractivity contribution >= 4 is 11.9 Å². The second-order valence-corrected chi connectivity index (χ2v) is 5.35. The number of carboxylic acid groups (broad SMARTS) is 1. The molecule has 2 N–H and O–H groups in total. The van der Waals surface area contributed by atoms with Crippen LogP contribution >= 0.6 is 0 Å². The Hall–Kier alpha value is -2.30. The molecule has 1 aliphatic carbocycles. The average molecular weight is 303 g/mol.